The van der Waals surface area contributed by atoms with E-state index >= 15 is 0 Å². The molecule has 1 aliphatic rings. The Bertz CT molecular complexity index is 1720. The molecular weight excluding hydrogens is 522 g/mol. The van der Waals surface area contributed by atoms with Gasteiger partial charge in [-0.05, 0) is 47.7 Å². The molecule has 2 aromatic heterocycles. The number of terminal acetylenes is 1. The van der Waals surface area contributed by atoms with Gasteiger partial charge in [-0.3, -0.25) is 14.2 Å². The number of fused-ring (bicyclic) bond motifs is 2. The summed E-state index contributed by atoms with van der Waals surface area (Å²) in [5.74, 6) is 2.43. The topological polar surface area (TPSA) is 129 Å². The Labute approximate surface area is 225 Å². The van der Waals surface area contributed by atoms with Crippen LogP contribution in [0.2, 0.25) is 0 Å². The number of carbonyl (C=O) groups excluding carboxylic acids is 1. The number of ether oxygens (including phenoxy) is 2. The minimum atomic E-state index is -4.06. The number of carbonyl (C=O) groups is 1. The van der Waals surface area contributed by atoms with E-state index in [0.717, 1.165) is 22.4 Å². The normalized spacial score (nSPS) is 13.1. The minimum Gasteiger partial charge on any atom is -0.496 e. The van der Waals surface area contributed by atoms with Gasteiger partial charge in [0, 0.05) is 31.3 Å². The molecule has 202 valence electrons. The van der Waals surface area contributed by atoms with E-state index in [1.54, 1.807) is 33.8 Å². The van der Waals surface area contributed by atoms with Gasteiger partial charge in [-0.15, -0.1) is 6.42 Å². The van der Waals surface area contributed by atoms with Crippen LogP contribution < -0.4 is 14.2 Å². The molecule has 0 fully saturated rings. The molecule has 2 aromatic carbocycles. The van der Waals surface area contributed by atoms with Crippen LogP contribution in [-0.4, -0.2) is 54.9 Å². The quantitative estimate of drug-likeness (QED) is 0.332. The highest BCUT2D eigenvalue weighted by Gasteiger charge is 2.26. The first-order valence-corrected chi connectivity index (χ1v) is 13.7. The van der Waals surface area contributed by atoms with Crippen molar-refractivity contribution in [1.29, 1.82) is 0 Å². The zero-order valence-electron chi connectivity index (χ0n) is 21.7. The van der Waals surface area contributed by atoms with Gasteiger partial charge in [-0.2, -0.15) is 5.10 Å². The first kappa shape index (κ1) is 26.1. The third kappa shape index (κ3) is 5.00. The van der Waals surface area contributed by atoms with Crippen molar-refractivity contribution in [3.8, 4) is 23.8 Å². The Morgan fingerprint density at radius 3 is 2.69 bits per heavy atom. The highest BCUT2D eigenvalue weighted by Crippen LogP contribution is 2.36. The zero-order chi connectivity index (χ0) is 27.7. The second-order valence-corrected chi connectivity index (χ2v) is 10.7. The molecule has 11 nitrogen and oxygen atoms in total. The minimum absolute atomic E-state index is 0.00115. The molecule has 0 radical (unpaired) electrons. The predicted octanol–water partition coefficient (Wildman–Crippen LogP) is 2.97. The summed E-state index contributed by atoms with van der Waals surface area (Å²) in [5, 5.41) is 9.03. The standard InChI is InChI=1S/C27H27N5O6S/c1-5-17-7-8-21(36-3)24(13-17)39(34,35)30-27-26-22(37-4)11-18(12-23(26)38-29-27)14-32-16-19-15-31(25(33)6-2)10-9-20(19)28-32/h2,7-8,11-13,16H,5,9-10,14-15H2,1,3-4H3,(H,29,30). The molecule has 0 aliphatic carbocycles. The number of hydrogen-bond acceptors (Lipinski definition) is 8. The smallest absolute Gasteiger partial charge is 0.298 e. The van der Waals surface area contributed by atoms with Gasteiger partial charge in [-0.1, -0.05) is 18.1 Å². The van der Waals surface area contributed by atoms with Gasteiger partial charge >= 0.3 is 0 Å². The van der Waals surface area contributed by atoms with Crippen molar-refractivity contribution in [2.45, 2.75) is 37.8 Å². The van der Waals surface area contributed by atoms with Crippen LogP contribution in [0.1, 0.15) is 29.3 Å². The number of hydrogen-bond donors (Lipinski definition) is 1. The van der Waals surface area contributed by atoms with Crippen LogP contribution in [0.25, 0.3) is 11.0 Å². The van der Waals surface area contributed by atoms with Gasteiger partial charge in [0.15, 0.2) is 11.4 Å². The Morgan fingerprint density at radius 2 is 1.97 bits per heavy atom. The lowest BCUT2D eigenvalue weighted by atomic mass is 10.1. The maximum absolute atomic E-state index is 13.3. The summed E-state index contributed by atoms with van der Waals surface area (Å²) in [6, 6.07) is 8.56. The van der Waals surface area contributed by atoms with Crippen LogP contribution in [0.3, 0.4) is 0 Å². The Kier molecular flexibility index (Phi) is 6.93. The van der Waals surface area contributed by atoms with Crippen LogP contribution in [0.5, 0.6) is 11.5 Å². The second kappa shape index (κ2) is 10.3. The molecule has 0 saturated carbocycles. The fourth-order valence-electron chi connectivity index (χ4n) is 4.65. The molecular formula is C27H27N5O6S. The average Bonchev–Trinajstić information content (AvgIpc) is 3.54. The monoisotopic (exact) mass is 549 g/mol. The molecule has 0 unspecified atom stereocenters. The summed E-state index contributed by atoms with van der Waals surface area (Å²) in [6.07, 6.45) is 8.43. The summed E-state index contributed by atoms with van der Waals surface area (Å²) in [6.45, 7) is 3.27. The molecule has 0 saturated heterocycles. The third-order valence-corrected chi connectivity index (χ3v) is 7.99. The molecule has 12 heteroatoms. The number of aryl methyl sites for hydroxylation is 1. The van der Waals surface area contributed by atoms with Gasteiger partial charge in [0.25, 0.3) is 15.9 Å². The van der Waals surface area contributed by atoms with Crippen molar-refractivity contribution in [3.63, 3.8) is 0 Å². The number of benzene rings is 2. The second-order valence-electron chi connectivity index (χ2n) is 9.07. The van der Waals surface area contributed by atoms with E-state index in [9.17, 15) is 13.2 Å². The van der Waals surface area contributed by atoms with E-state index < -0.39 is 10.0 Å². The summed E-state index contributed by atoms with van der Waals surface area (Å²) in [5.41, 5.74) is 3.86. The number of methoxy groups -OCH3 is 2. The van der Waals surface area contributed by atoms with Crippen molar-refractivity contribution in [2.24, 2.45) is 0 Å². The van der Waals surface area contributed by atoms with E-state index in [1.807, 2.05) is 19.2 Å². The number of amides is 1. The van der Waals surface area contributed by atoms with Gasteiger partial charge < -0.3 is 18.9 Å². The third-order valence-electron chi connectivity index (χ3n) is 6.63. The first-order chi connectivity index (χ1) is 18.8. The molecule has 1 amide bonds. The van der Waals surface area contributed by atoms with Gasteiger partial charge in [0.2, 0.25) is 0 Å². The van der Waals surface area contributed by atoms with Crippen LogP contribution in [0, 0.1) is 12.3 Å². The molecule has 1 aliphatic heterocycles. The van der Waals surface area contributed by atoms with Crippen LogP contribution >= 0.6 is 0 Å². The van der Waals surface area contributed by atoms with E-state index in [1.165, 1.54) is 14.2 Å². The largest absolute Gasteiger partial charge is 0.496 e. The Morgan fingerprint density at radius 1 is 1.18 bits per heavy atom. The van der Waals surface area contributed by atoms with Crippen LogP contribution in [-0.2, 0) is 40.7 Å². The van der Waals surface area contributed by atoms with E-state index in [2.05, 4.69) is 20.9 Å². The summed E-state index contributed by atoms with van der Waals surface area (Å²) in [7, 11) is -1.15. The van der Waals surface area contributed by atoms with Crippen molar-refractivity contribution < 1.29 is 27.2 Å². The van der Waals surface area contributed by atoms with E-state index in [0.29, 0.717) is 49.2 Å². The van der Waals surface area contributed by atoms with Crippen molar-refractivity contribution >= 4 is 32.7 Å². The molecule has 1 N–H and O–H groups in total. The van der Waals surface area contributed by atoms with E-state index in [-0.39, 0.29) is 22.4 Å². The number of nitrogens with zero attached hydrogens (tertiary/aromatic N) is 4. The maximum atomic E-state index is 13.3. The van der Waals surface area contributed by atoms with Gasteiger partial charge in [0.1, 0.15) is 21.8 Å². The van der Waals surface area contributed by atoms with Gasteiger partial charge in [0.05, 0.1) is 26.5 Å². The average molecular weight is 550 g/mol. The lowest BCUT2D eigenvalue weighted by Gasteiger charge is -2.23. The highest BCUT2D eigenvalue weighted by atomic mass is 32.2. The van der Waals surface area contributed by atoms with Crippen molar-refractivity contribution in [1.82, 2.24) is 19.8 Å². The molecule has 5 rings (SSSR count). The molecule has 3 heterocycles. The molecule has 0 bridgehead atoms. The lowest BCUT2D eigenvalue weighted by molar-refractivity contribution is -0.125. The number of sulfonamides is 1. The first-order valence-electron chi connectivity index (χ1n) is 12.2. The number of aromatic nitrogens is 3. The van der Waals surface area contributed by atoms with Crippen LogP contribution in [0.4, 0.5) is 5.82 Å². The summed E-state index contributed by atoms with van der Waals surface area (Å²) >= 11 is 0. The summed E-state index contributed by atoms with van der Waals surface area (Å²) < 4.78 is 47.3. The number of anilines is 1. The highest BCUT2D eigenvalue weighted by molar-refractivity contribution is 7.92. The Balaban J connectivity index is 1.43. The van der Waals surface area contributed by atoms with Crippen molar-refractivity contribution in [2.75, 3.05) is 25.5 Å². The fourth-order valence-corrected chi connectivity index (χ4v) is 5.88. The van der Waals surface area contributed by atoms with Crippen LogP contribution in [0.15, 0.2) is 45.9 Å². The molecule has 0 spiro atoms. The van der Waals surface area contributed by atoms with Gasteiger partial charge in [-0.25, -0.2) is 8.42 Å². The zero-order valence-corrected chi connectivity index (χ0v) is 22.5. The number of rotatable bonds is 8. The number of nitrogens with one attached hydrogen (secondary N) is 1. The lowest BCUT2D eigenvalue weighted by Crippen LogP contribution is -2.34. The van der Waals surface area contributed by atoms with Crippen molar-refractivity contribution in [3.05, 3.63) is 58.9 Å². The summed E-state index contributed by atoms with van der Waals surface area (Å²) in [4.78, 5) is 13.5. The molecule has 0 atom stereocenters. The maximum Gasteiger partial charge on any atom is 0.298 e. The molecule has 4 aromatic rings. The fraction of sp³-hybridized carbons (Fsp3) is 0.296. The Hall–Kier alpha value is -4.50. The van der Waals surface area contributed by atoms with E-state index in [4.69, 9.17) is 20.4 Å². The SMILES string of the molecule is C#CC(=O)N1CCc2nn(Cc3cc(OC)c4c(NS(=O)(=O)c5cc(CC)ccc5OC)noc4c3)cc2C1. The predicted molar refractivity (Wildman–Crippen MR) is 143 cm³/mol. The molecule has 39 heavy (non-hydrogen) atoms.